The number of Topliss-reactive ketones (excluding diaryl/α,β-unsaturated/α-hetero) is 7. The maximum atomic E-state index is 12.3. The van der Waals surface area contributed by atoms with Crippen LogP contribution in [-0.2, 0) is 76.5 Å². The fourth-order valence-corrected chi connectivity index (χ4v) is 34.0. The lowest BCUT2D eigenvalue weighted by atomic mass is 9.44. The Kier molecular flexibility index (Phi) is 35.2. The van der Waals surface area contributed by atoms with Gasteiger partial charge in [0.2, 0.25) is 0 Å². The van der Waals surface area contributed by atoms with E-state index in [0.29, 0.717) is 105 Å². The molecular weight excluding hydrogens is 1620 g/mol. The van der Waals surface area contributed by atoms with Crippen LogP contribution in [0.15, 0.2) is 0 Å². The standard InChI is InChI=1S/C27H42O4.2C26H41NO4.C23H37NO3.C3H6O2.CH4.ClH/c1-5-19(29)7-11-25(30)31-20-12-14-26(3)18(16-20)6-8-21-23-10-9-22(17(2)28)27(23,4)15-13-24(21)26;2*1-16(28)21-7-8-22-20-6-4-17-14-19(31-24(30)9-5-18(29)15-27)10-12-25(17,2)23(20)11-13-26(21,22)3;1-14(25)18-6-7-19-17-5-4-15-12-16(27-21(26)13-24)8-10-22(15,2)20(17)9-11-23(18,19)3;1-2-3(4)5;;/h18,20-24H,5-16H2,1-4H3;2*17,19-23H,4-15,27H2,1-3H3;15-20H,4-13,24H2,1-3H3;2H2,1H3,(H,4,5);1H4;1H/t18-,20+,21-,22+,23-,24-,26-,27+;2*17-,19+,20-,21+,22-,23-,25-,26+;15-,16+,17-,18+,19-,20-,22-,23+;;;/m0000.../s1. The number of hydrogen-bond donors (Lipinski definition) is 4. The minimum atomic E-state index is -0.745. The van der Waals surface area contributed by atoms with Gasteiger partial charge < -0.3 is 41.3 Å². The van der Waals surface area contributed by atoms with Gasteiger partial charge in [0.1, 0.15) is 64.9 Å². The van der Waals surface area contributed by atoms with Gasteiger partial charge in [0.15, 0.2) is 0 Å². The van der Waals surface area contributed by atoms with Gasteiger partial charge in [0.05, 0.1) is 38.9 Å². The van der Waals surface area contributed by atoms with E-state index >= 15 is 0 Å². The number of ether oxygens (including phenoxy) is 4. The van der Waals surface area contributed by atoms with Gasteiger partial charge in [0.25, 0.3) is 0 Å². The van der Waals surface area contributed by atoms with Gasteiger partial charge in [-0.1, -0.05) is 76.7 Å². The van der Waals surface area contributed by atoms with E-state index in [-0.39, 0.29) is 183 Å². The lowest BCUT2D eigenvalue weighted by Gasteiger charge is -2.61. The molecule has 16 saturated carbocycles. The molecule has 0 bridgehead atoms. The molecule has 0 aromatic rings. The van der Waals surface area contributed by atoms with Crippen molar-refractivity contribution in [1.82, 2.24) is 0 Å². The number of rotatable bonds is 22. The predicted octanol–water partition coefficient (Wildman–Crippen LogP) is 20.5. The zero-order chi connectivity index (χ0) is 90.8. The summed E-state index contributed by atoms with van der Waals surface area (Å²) in [6.07, 6.45) is 43.5. The Morgan fingerprint density at radius 2 is 0.488 bits per heavy atom. The highest BCUT2D eigenvalue weighted by Crippen LogP contribution is 2.73. The molecule has 0 aromatic heterocycles. The van der Waals surface area contributed by atoms with E-state index < -0.39 is 5.97 Å². The third-order valence-electron chi connectivity index (χ3n) is 40.8. The summed E-state index contributed by atoms with van der Waals surface area (Å²) in [5, 5.41) is 7.72. The molecule has 21 heteroatoms. The largest absolute Gasteiger partial charge is 0.481 e. The second kappa shape index (κ2) is 42.8. The molecule has 7 N–H and O–H groups in total. The number of carbonyl (C=O) groups is 12. The van der Waals surface area contributed by atoms with Gasteiger partial charge in [-0.25, -0.2) is 0 Å². The van der Waals surface area contributed by atoms with Crippen molar-refractivity contribution in [2.45, 2.75) is 411 Å². The van der Waals surface area contributed by atoms with Crippen LogP contribution in [0.25, 0.3) is 0 Å². The van der Waals surface area contributed by atoms with Crippen LogP contribution in [0, 0.1) is 162 Å². The molecule has 16 fully saturated rings. The minimum Gasteiger partial charge on any atom is -0.481 e. The average Bonchev–Trinajstić information content (AvgIpc) is 1.66. The molecule has 16 aliphatic carbocycles. The second-order valence-electron chi connectivity index (χ2n) is 46.1. The van der Waals surface area contributed by atoms with Gasteiger partial charge in [-0.05, 0) is 397 Å². The Balaban J connectivity index is 0.000000173. The van der Waals surface area contributed by atoms with Crippen LogP contribution in [0.1, 0.15) is 387 Å². The highest BCUT2D eigenvalue weighted by molar-refractivity contribution is 5.86. The normalized spacial score (nSPS) is 42.9. The zero-order valence-corrected chi connectivity index (χ0v) is 81.0. The van der Waals surface area contributed by atoms with Crippen molar-refractivity contribution in [2.75, 3.05) is 19.6 Å². The van der Waals surface area contributed by atoms with Crippen LogP contribution in [0.5, 0.6) is 0 Å². The summed E-state index contributed by atoms with van der Waals surface area (Å²) >= 11 is 0. The van der Waals surface area contributed by atoms with Crippen LogP contribution in [0.4, 0.5) is 0 Å². The van der Waals surface area contributed by atoms with E-state index in [9.17, 15) is 57.5 Å². The zero-order valence-electron chi connectivity index (χ0n) is 80.2. The van der Waals surface area contributed by atoms with Crippen LogP contribution in [0.2, 0.25) is 0 Å². The molecule has 0 heterocycles. The van der Waals surface area contributed by atoms with Gasteiger partial charge >= 0.3 is 29.8 Å². The molecule has 720 valence electrons. The first-order chi connectivity index (χ1) is 59.1. The number of esters is 4. The van der Waals surface area contributed by atoms with Crippen LogP contribution in [-0.4, -0.2) is 119 Å². The quantitative estimate of drug-likeness (QED) is 0.0578. The van der Waals surface area contributed by atoms with E-state index in [4.69, 9.17) is 41.3 Å². The summed E-state index contributed by atoms with van der Waals surface area (Å²) in [7, 11) is 0. The first-order valence-electron chi connectivity index (χ1n) is 50.8. The molecule has 0 aliphatic heterocycles. The maximum Gasteiger partial charge on any atom is 0.319 e. The second-order valence-corrected chi connectivity index (χ2v) is 46.1. The summed E-state index contributed by atoms with van der Waals surface area (Å²) in [5.41, 5.74) is 18.4. The summed E-state index contributed by atoms with van der Waals surface area (Å²) in [4.78, 5) is 141. The van der Waals surface area contributed by atoms with Crippen molar-refractivity contribution >= 4 is 82.7 Å². The molecule has 127 heavy (non-hydrogen) atoms. The molecule has 20 nitrogen and oxygen atoms in total. The number of fused-ring (bicyclic) bond motifs is 20. The third-order valence-corrected chi connectivity index (χ3v) is 40.8. The molecule has 0 saturated heterocycles. The third kappa shape index (κ3) is 21.3. The lowest BCUT2D eigenvalue weighted by Crippen LogP contribution is -2.54. The topological polar surface area (TPSA) is 340 Å². The Morgan fingerprint density at radius 1 is 0.276 bits per heavy atom. The van der Waals surface area contributed by atoms with Crippen molar-refractivity contribution in [1.29, 1.82) is 0 Å². The summed E-state index contributed by atoms with van der Waals surface area (Å²) < 4.78 is 23.0. The van der Waals surface area contributed by atoms with Crippen LogP contribution >= 0.6 is 12.4 Å². The van der Waals surface area contributed by atoms with E-state index in [2.05, 4.69) is 55.4 Å². The molecule has 16 aliphatic rings. The number of carbonyl (C=O) groups excluding carboxylic acids is 11. The number of halogens is 1. The number of hydrogen-bond acceptors (Lipinski definition) is 19. The van der Waals surface area contributed by atoms with Crippen molar-refractivity contribution in [2.24, 2.45) is 179 Å². The van der Waals surface area contributed by atoms with Gasteiger partial charge in [-0.3, -0.25) is 57.5 Å². The predicted molar refractivity (Wildman–Crippen MR) is 495 cm³/mol. The fraction of sp³-hybridized carbons (Fsp3) is 0.887. The SMILES string of the molecule is C.CC(=O)[C@H]1CC[C@H]2[C@@H]3CC[C@H]4C[C@H](OC(=O)CCC(=O)CN)CC[C@]4(C)[C@H]3CC[C@]12C.CC(=O)[C@H]1CC[C@H]2[C@@H]3CC[C@H]4C[C@H](OC(=O)CCC(=O)CN)CC[C@]4(C)[C@H]3CC[C@]12C.CC(=O)[C@H]1CC[C@H]2[C@@H]3CC[C@H]4C[C@H](OC(=O)CN)CC[C@]4(C)[C@H]3CC[C@]12C.CCC(=O)CCC(=O)O[C@@H]1CC[C@@]2(C)[C@@H](CC[C@@H]3[C@@H]2CC[C@]2(C)[C@@H](C(C)=O)CC[C@@H]32)C1.CCC(=O)O.Cl. The highest BCUT2D eigenvalue weighted by atomic mass is 35.5. The molecule has 0 spiro atoms. The van der Waals surface area contributed by atoms with Crippen LogP contribution < -0.4 is 17.2 Å². The molecule has 0 amide bonds. The van der Waals surface area contributed by atoms with Crippen molar-refractivity contribution in [3.8, 4) is 0 Å². The number of ketones is 7. The van der Waals surface area contributed by atoms with Crippen molar-refractivity contribution < 1.29 is 81.6 Å². The van der Waals surface area contributed by atoms with E-state index in [1.165, 1.54) is 135 Å². The van der Waals surface area contributed by atoms with E-state index in [0.717, 1.165) is 150 Å². The van der Waals surface area contributed by atoms with Gasteiger partial charge in [-0.15, -0.1) is 12.4 Å². The Labute approximate surface area is 769 Å². The van der Waals surface area contributed by atoms with Crippen molar-refractivity contribution in [3.05, 3.63) is 0 Å². The smallest absolute Gasteiger partial charge is 0.319 e. The summed E-state index contributed by atoms with van der Waals surface area (Å²) in [5.74, 6) is 12.5. The summed E-state index contributed by atoms with van der Waals surface area (Å²) in [6.45, 7) is 30.4. The maximum absolute atomic E-state index is 12.3. The Bertz CT molecular complexity index is 3610. The van der Waals surface area contributed by atoms with Gasteiger partial charge in [-0.2, -0.15) is 0 Å². The molecule has 16 rings (SSSR count). The lowest BCUT2D eigenvalue weighted by molar-refractivity contribution is -0.163. The first kappa shape index (κ1) is 104. The molecular formula is C106H172ClN3O17. The Hall–Kier alpha value is -4.79. The molecule has 0 unspecified atom stereocenters. The molecule has 32 atom stereocenters. The monoisotopic (exact) mass is 1790 g/mol. The van der Waals surface area contributed by atoms with E-state index in [1.807, 2.05) is 20.8 Å². The molecule has 0 radical (unpaired) electrons. The van der Waals surface area contributed by atoms with Gasteiger partial charge in [0, 0.05) is 55.8 Å². The highest BCUT2D eigenvalue weighted by Gasteiger charge is 2.67. The fourth-order valence-electron chi connectivity index (χ4n) is 34.0. The minimum absolute atomic E-state index is 0. The summed E-state index contributed by atoms with van der Waals surface area (Å²) in [6, 6.07) is 0. The number of carboxylic acids is 1. The first-order valence-corrected chi connectivity index (χ1v) is 50.8. The number of aliphatic carboxylic acids is 1. The van der Waals surface area contributed by atoms with E-state index in [1.54, 1.807) is 20.8 Å². The number of carboxylic acid groups (broad SMARTS) is 1. The number of nitrogens with two attached hydrogens (primary N) is 3. The van der Waals surface area contributed by atoms with Crippen LogP contribution in [0.3, 0.4) is 0 Å². The molecule has 0 aromatic carbocycles. The van der Waals surface area contributed by atoms with Crippen molar-refractivity contribution in [3.63, 3.8) is 0 Å². The Morgan fingerprint density at radius 3 is 0.693 bits per heavy atom. The average molecular weight is 1800 g/mol.